The van der Waals surface area contributed by atoms with Crippen LogP contribution in [0.1, 0.15) is 16.1 Å². The molecule has 1 aromatic carbocycles. The van der Waals surface area contributed by atoms with Crippen LogP contribution in [-0.2, 0) is 23.2 Å². The monoisotopic (exact) mass is 394 g/mol. The molecule has 0 aliphatic rings. The number of hydrogen-bond acceptors (Lipinski definition) is 5. The van der Waals surface area contributed by atoms with Gasteiger partial charge in [0.2, 0.25) is 10.0 Å². The van der Waals surface area contributed by atoms with Gasteiger partial charge in [-0.05, 0) is 19.1 Å². The number of sulfonamides is 1. The van der Waals surface area contributed by atoms with Gasteiger partial charge in [-0.1, -0.05) is 15.9 Å². The Bertz CT molecular complexity index is 762. The minimum atomic E-state index is -4.03. The molecule has 0 unspecified atom stereocenters. The van der Waals surface area contributed by atoms with Gasteiger partial charge in [0, 0.05) is 21.5 Å². The number of rotatable bonds is 5. The lowest BCUT2D eigenvalue weighted by Gasteiger charge is -2.10. The molecule has 2 rings (SSSR count). The van der Waals surface area contributed by atoms with Crippen LogP contribution < -0.4 is 4.72 Å². The maximum atomic E-state index is 14.1. The molecule has 5 nitrogen and oxygen atoms in total. The van der Waals surface area contributed by atoms with Gasteiger partial charge in [-0.3, -0.25) is 0 Å². The van der Waals surface area contributed by atoms with E-state index in [1.807, 2.05) is 0 Å². The highest BCUT2D eigenvalue weighted by Crippen LogP contribution is 2.24. The summed E-state index contributed by atoms with van der Waals surface area (Å²) in [6, 6.07) is 2.50. The number of aliphatic hydroxyl groups excluding tert-OH is 1. The molecule has 0 aliphatic carbocycles. The van der Waals surface area contributed by atoms with E-state index >= 15 is 0 Å². The van der Waals surface area contributed by atoms with Crippen molar-refractivity contribution in [1.29, 1.82) is 0 Å². The summed E-state index contributed by atoms with van der Waals surface area (Å²) in [5.41, 5.74) is 2.26. The lowest BCUT2D eigenvalue weighted by Crippen LogP contribution is -2.24. The average molecular weight is 395 g/mol. The van der Waals surface area contributed by atoms with E-state index in [2.05, 4.69) is 25.6 Å². The Morgan fingerprint density at radius 3 is 2.76 bits per heavy atom. The van der Waals surface area contributed by atoms with E-state index in [1.165, 1.54) is 17.4 Å². The summed E-state index contributed by atoms with van der Waals surface area (Å²) in [5.74, 6) is -0.950. The molecule has 0 spiro atoms. The van der Waals surface area contributed by atoms with Crippen molar-refractivity contribution in [3.8, 4) is 0 Å². The standard InChI is InChI=1S/C12H12BrFN2O3S2/c1-7-10(20-6-15-7)4-16-21(18,19)11-3-9(13)2-8(5-17)12(11)14/h2-3,6,16-17H,4-5H2,1H3. The highest BCUT2D eigenvalue weighted by molar-refractivity contribution is 9.10. The molecule has 0 amide bonds. The van der Waals surface area contributed by atoms with E-state index in [0.29, 0.717) is 4.47 Å². The molecular weight excluding hydrogens is 383 g/mol. The van der Waals surface area contributed by atoms with Gasteiger partial charge in [0.1, 0.15) is 10.7 Å². The topological polar surface area (TPSA) is 79.3 Å². The molecule has 2 aromatic rings. The van der Waals surface area contributed by atoms with Gasteiger partial charge < -0.3 is 5.11 Å². The van der Waals surface area contributed by atoms with Crippen LogP contribution >= 0.6 is 27.3 Å². The summed E-state index contributed by atoms with van der Waals surface area (Å²) in [7, 11) is -4.03. The summed E-state index contributed by atoms with van der Waals surface area (Å²) < 4.78 is 41.2. The molecule has 0 fully saturated rings. The predicted molar refractivity (Wildman–Crippen MR) is 80.9 cm³/mol. The number of halogens is 2. The van der Waals surface area contributed by atoms with Gasteiger partial charge in [-0.15, -0.1) is 11.3 Å². The first-order valence-electron chi connectivity index (χ1n) is 5.82. The zero-order valence-corrected chi connectivity index (χ0v) is 14.1. The van der Waals surface area contributed by atoms with Gasteiger partial charge in [-0.25, -0.2) is 22.5 Å². The summed E-state index contributed by atoms with van der Waals surface area (Å²) in [5, 5.41) is 9.07. The highest BCUT2D eigenvalue weighted by atomic mass is 79.9. The van der Waals surface area contributed by atoms with E-state index < -0.39 is 27.3 Å². The van der Waals surface area contributed by atoms with E-state index in [0.717, 1.165) is 16.6 Å². The van der Waals surface area contributed by atoms with Crippen molar-refractivity contribution in [2.45, 2.75) is 25.0 Å². The van der Waals surface area contributed by atoms with Crippen LogP contribution in [-0.4, -0.2) is 18.5 Å². The van der Waals surface area contributed by atoms with Crippen LogP contribution in [0.25, 0.3) is 0 Å². The molecule has 0 radical (unpaired) electrons. The Morgan fingerprint density at radius 1 is 1.48 bits per heavy atom. The third kappa shape index (κ3) is 3.67. The van der Waals surface area contributed by atoms with Crippen LogP contribution in [0, 0.1) is 12.7 Å². The summed E-state index contributed by atoms with van der Waals surface area (Å²) in [6.45, 7) is 1.23. The molecule has 0 atom stereocenters. The van der Waals surface area contributed by atoms with Crippen LogP contribution in [0.4, 0.5) is 4.39 Å². The first-order chi connectivity index (χ1) is 9.85. The largest absolute Gasteiger partial charge is 0.392 e. The number of nitrogens with one attached hydrogen (secondary N) is 1. The number of aryl methyl sites for hydroxylation is 1. The Balaban J connectivity index is 2.32. The Labute approximate surface area is 134 Å². The Kier molecular flexibility index (Phi) is 5.10. The molecule has 114 valence electrons. The second kappa shape index (κ2) is 6.49. The molecular formula is C12H12BrFN2O3S2. The summed E-state index contributed by atoms with van der Waals surface area (Å²) in [4.78, 5) is 4.28. The number of aromatic nitrogens is 1. The molecule has 9 heteroatoms. The normalized spacial score (nSPS) is 11.8. The zero-order valence-electron chi connectivity index (χ0n) is 10.9. The fourth-order valence-corrected chi connectivity index (χ4v) is 4.27. The fourth-order valence-electron chi connectivity index (χ4n) is 1.66. The van der Waals surface area contributed by atoms with Gasteiger partial charge in [0.25, 0.3) is 0 Å². The fraction of sp³-hybridized carbons (Fsp3) is 0.250. The van der Waals surface area contributed by atoms with Crippen molar-refractivity contribution in [1.82, 2.24) is 9.71 Å². The predicted octanol–water partition coefficient (Wildman–Crippen LogP) is 2.32. The lowest BCUT2D eigenvalue weighted by molar-refractivity contribution is 0.274. The minimum absolute atomic E-state index is 0.0409. The van der Waals surface area contributed by atoms with Crippen LogP contribution in [0.5, 0.6) is 0 Å². The number of benzene rings is 1. The van der Waals surface area contributed by atoms with Gasteiger partial charge in [0.05, 0.1) is 17.8 Å². The molecule has 1 heterocycles. The van der Waals surface area contributed by atoms with Gasteiger partial charge in [-0.2, -0.15) is 0 Å². The number of nitrogens with zero attached hydrogens (tertiary/aromatic N) is 1. The molecule has 0 bridgehead atoms. The third-order valence-electron chi connectivity index (χ3n) is 2.81. The number of aliphatic hydroxyl groups is 1. The van der Waals surface area contributed by atoms with Crippen molar-refractivity contribution in [3.63, 3.8) is 0 Å². The van der Waals surface area contributed by atoms with Crippen molar-refractivity contribution < 1.29 is 17.9 Å². The molecule has 21 heavy (non-hydrogen) atoms. The van der Waals surface area contributed by atoms with E-state index in [9.17, 15) is 12.8 Å². The Hall–Kier alpha value is -0.870. The third-order valence-corrected chi connectivity index (χ3v) is 5.60. The first-order valence-corrected chi connectivity index (χ1v) is 8.98. The van der Waals surface area contributed by atoms with Crippen LogP contribution in [0.2, 0.25) is 0 Å². The van der Waals surface area contributed by atoms with E-state index in [-0.39, 0.29) is 12.1 Å². The Morgan fingerprint density at radius 2 is 2.19 bits per heavy atom. The molecule has 0 saturated heterocycles. The van der Waals surface area contributed by atoms with Crippen molar-refractivity contribution in [2.24, 2.45) is 0 Å². The summed E-state index contributed by atoms with van der Waals surface area (Å²) in [6.07, 6.45) is 0. The molecule has 0 aliphatic heterocycles. The maximum Gasteiger partial charge on any atom is 0.243 e. The SMILES string of the molecule is Cc1ncsc1CNS(=O)(=O)c1cc(Br)cc(CO)c1F. The van der Waals surface area contributed by atoms with Crippen molar-refractivity contribution >= 4 is 37.3 Å². The maximum absolute atomic E-state index is 14.1. The van der Waals surface area contributed by atoms with Crippen LogP contribution in [0.15, 0.2) is 27.0 Å². The van der Waals surface area contributed by atoms with Crippen molar-refractivity contribution in [2.75, 3.05) is 0 Å². The smallest absolute Gasteiger partial charge is 0.243 e. The van der Waals surface area contributed by atoms with Crippen molar-refractivity contribution in [3.05, 3.63) is 44.1 Å². The quantitative estimate of drug-likeness (QED) is 0.815. The van der Waals surface area contributed by atoms with Gasteiger partial charge >= 0.3 is 0 Å². The molecule has 0 saturated carbocycles. The van der Waals surface area contributed by atoms with E-state index in [4.69, 9.17) is 5.11 Å². The zero-order chi connectivity index (χ0) is 15.6. The van der Waals surface area contributed by atoms with Crippen LogP contribution in [0.3, 0.4) is 0 Å². The summed E-state index contributed by atoms with van der Waals surface area (Å²) >= 11 is 4.42. The molecule has 2 N–H and O–H groups in total. The second-order valence-electron chi connectivity index (χ2n) is 4.22. The molecule has 1 aromatic heterocycles. The first kappa shape index (κ1) is 16.5. The number of thiazole rings is 1. The van der Waals surface area contributed by atoms with Gasteiger partial charge in [0.15, 0.2) is 0 Å². The number of hydrogen-bond donors (Lipinski definition) is 2. The lowest BCUT2D eigenvalue weighted by atomic mass is 10.2. The average Bonchev–Trinajstić information content (AvgIpc) is 2.84. The second-order valence-corrected chi connectivity index (χ2v) is 7.81. The van der Waals surface area contributed by atoms with E-state index in [1.54, 1.807) is 12.4 Å². The highest BCUT2D eigenvalue weighted by Gasteiger charge is 2.22. The minimum Gasteiger partial charge on any atom is -0.392 e.